The number of carbonyl (C=O) groups is 2. The summed E-state index contributed by atoms with van der Waals surface area (Å²) in [6.45, 7) is 1.63. The van der Waals surface area contributed by atoms with Crippen LogP contribution >= 0.6 is 0 Å². The molecule has 0 aliphatic carbocycles. The summed E-state index contributed by atoms with van der Waals surface area (Å²) in [4.78, 5) is 29.0. The molecule has 3 aliphatic heterocycles. The summed E-state index contributed by atoms with van der Waals surface area (Å²) in [7, 11) is 0. The van der Waals surface area contributed by atoms with Gasteiger partial charge in [0, 0.05) is 30.5 Å². The second-order valence-corrected chi connectivity index (χ2v) is 7.01. The van der Waals surface area contributed by atoms with E-state index in [1.807, 2.05) is 36.4 Å². The molecule has 3 N–H and O–H groups in total. The Balaban J connectivity index is 1.50. The van der Waals surface area contributed by atoms with Crippen molar-refractivity contribution in [2.24, 2.45) is 0 Å². The Bertz CT molecular complexity index is 1010. The topological polar surface area (TPSA) is 105 Å². The summed E-state index contributed by atoms with van der Waals surface area (Å²) >= 11 is 0. The van der Waals surface area contributed by atoms with E-state index in [9.17, 15) is 9.59 Å². The second-order valence-electron chi connectivity index (χ2n) is 7.01. The first-order chi connectivity index (χ1) is 14.1. The highest BCUT2D eigenvalue weighted by molar-refractivity contribution is 5.97. The molecule has 5 rings (SSSR count). The largest absolute Gasteiger partial charge is 0.454 e. The molecular weight excluding hydrogens is 374 g/mol. The average Bonchev–Trinajstić information content (AvgIpc) is 3.32. The summed E-state index contributed by atoms with van der Waals surface area (Å²) in [5.74, 6) is 0.622. The Kier molecular flexibility index (Phi) is 4.09. The number of benzene rings is 1. The molecule has 1 saturated heterocycles. The molecule has 0 bridgehead atoms. The monoisotopic (exact) mass is 393 g/mol. The van der Waals surface area contributed by atoms with E-state index in [4.69, 9.17) is 9.47 Å². The molecule has 2 amide bonds. The van der Waals surface area contributed by atoms with Gasteiger partial charge in [0.05, 0.1) is 11.6 Å². The minimum Gasteiger partial charge on any atom is -0.454 e. The van der Waals surface area contributed by atoms with Crippen molar-refractivity contribution in [1.29, 1.82) is 0 Å². The number of aromatic nitrogens is 1. The Morgan fingerprint density at radius 1 is 1.24 bits per heavy atom. The SMILES string of the molecule is CC(=O)NC1NN2C(=O)C=C(c3ccc4c(c3)OCO4)NC2C1c1ccccn1. The van der Waals surface area contributed by atoms with Gasteiger partial charge in [-0.3, -0.25) is 14.6 Å². The van der Waals surface area contributed by atoms with Gasteiger partial charge in [0.15, 0.2) is 11.5 Å². The minimum absolute atomic E-state index is 0.185. The van der Waals surface area contributed by atoms with Crippen molar-refractivity contribution >= 4 is 17.5 Å². The maximum atomic E-state index is 12.9. The van der Waals surface area contributed by atoms with E-state index in [-0.39, 0.29) is 24.5 Å². The maximum Gasteiger partial charge on any atom is 0.264 e. The van der Waals surface area contributed by atoms with Crippen LogP contribution in [-0.4, -0.2) is 40.9 Å². The third kappa shape index (κ3) is 3.05. The summed E-state index contributed by atoms with van der Waals surface area (Å²) in [5, 5.41) is 7.79. The highest BCUT2D eigenvalue weighted by Crippen LogP contribution is 2.37. The molecule has 1 aromatic heterocycles. The van der Waals surface area contributed by atoms with Crippen LogP contribution in [0.15, 0.2) is 48.7 Å². The Morgan fingerprint density at radius 2 is 2.10 bits per heavy atom. The van der Waals surface area contributed by atoms with Gasteiger partial charge >= 0.3 is 0 Å². The zero-order valence-corrected chi connectivity index (χ0v) is 15.6. The average molecular weight is 393 g/mol. The lowest BCUT2D eigenvalue weighted by Crippen LogP contribution is -2.53. The van der Waals surface area contributed by atoms with Crippen molar-refractivity contribution < 1.29 is 19.1 Å². The number of hydrazine groups is 1. The van der Waals surface area contributed by atoms with Crippen LogP contribution in [0.4, 0.5) is 0 Å². The highest BCUT2D eigenvalue weighted by atomic mass is 16.7. The Hall–Kier alpha value is -3.59. The van der Waals surface area contributed by atoms with Gasteiger partial charge in [-0.15, -0.1) is 0 Å². The zero-order chi connectivity index (χ0) is 20.0. The number of rotatable bonds is 3. The van der Waals surface area contributed by atoms with Crippen molar-refractivity contribution in [2.45, 2.75) is 25.2 Å². The third-order valence-corrected chi connectivity index (χ3v) is 5.14. The van der Waals surface area contributed by atoms with Gasteiger partial charge in [-0.1, -0.05) is 6.07 Å². The quantitative estimate of drug-likeness (QED) is 0.704. The molecule has 0 spiro atoms. The van der Waals surface area contributed by atoms with E-state index in [1.165, 1.54) is 18.0 Å². The van der Waals surface area contributed by atoms with E-state index >= 15 is 0 Å². The van der Waals surface area contributed by atoms with Crippen molar-refractivity contribution in [1.82, 2.24) is 26.1 Å². The fourth-order valence-electron chi connectivity index (χ4n) is 3.88. The molecule has 148 valence electrons. The van der Waals surface area contributed by atoms with Gasteiger partial charge in [0.1, 0.15) is 12.3 Å². The summed E-state index contributed by atoms with van der Waals surface area (Å²) in [6, 6.07) is 11.1. The number of hydrogen-bond donors (Lipinski definition) is 3. The molecule has 1 fully saturated rings. The van der Waals surface area contributed by atoms with E-state index in [0.717, 1.165) is 11.3 Å². The predicted molar refractivity (Wildman–Crippen MR) is 102 cm³/mol. The summed E-state index contributed by atoms with van der Waals surface area (Å²) in [6.07, 6.45) is 2.31. The molecule has 3 aliphatic rings. The molecule has 0 saturated carbocycles. The fraction of sp³-hybridized carbons (Fsp3) is 0.250. The van der Waals surface area contributed by atoms with Crippen molar-refractivity contribution in [2.75, 3.05) is 6.79 Å². The standard InChI is InChI=1S/C20H19N5O4/c1-11(26)22-19-18(13-4-2-3-7-21-13)20-23-14(9-17(27)25(20)24-19)12-5-6-15-16(8-12)29-10-28-15/h2-9,18-20,23-24H,10H2,1H3,(H,22,26). The Morgan fingerprint density at radius 3 is 2.90 bits per heavy atom. The first-order valence-corrected chi connectivity index (χ1v) is 9.26. The number of fused-ring (bicyclic) bond motifs is 2. The summed E-state index contributed by atoms with van der Waals surface area (Å²) in [5.41, 5.74) is 5.34. The van der Waals surface area contributed by atoms with Crippen molar-refractivity contribution in [3.8, 4) is 11.5 Å². The van der Waals surface area contributed by atoms with Gasteiger partial charge in [0.2, 0.25) is 12.7 Å². The normalized spacial score (nSPS) is 24.6. The van der Waals surface area contributed by atoms with Gasteiger partial charge in [-0.25, -0.2) is 10.4 Å². The van der Waals surface area contributed by atoms with Gasteiger partial charge in [-0.05, 0) is 30.3 Å². The van der Waals surface area contributed by atoms with Crippen molar-refractivity contribution in [3.63, 3.8) is 0 Å². The van der Waals surface area contributed by atoms with Crippen LogP contribution in [-0.2, 0) is 9.59 Å². The first kappa shape index (κ1) is 17.5. The van der Waals surface area contributed by atoms with Gasteiger partial charge < -0.3 is 20.1 Å². The number of pyridine rings is 1. The number of nitrogens with one attached hydrogen (secondary N) is 3. The van der Waals surface area contributed by atoms with Gasteiger partial charge in [0.25, 0.3) is 5.91 Å². The molecule has 0 radical (unpaired) electrons. The fourth-order valence-corrected chi connectivity index (χ4v) is 3.88. The molecule has 3 unspecified atom stereocenters. The molecule has 2 aromatic rings. The van der Waals surface area contributed by atoms with E-state index in [1.54, 1.807) is 6.20 Å². The Labute approximate surface area is 166 Å². The van der Waals surface area contributed by atoms with E-state index < -0.39 is 12.3 Å². The van der Waals surface area contributed by atoms with Crippen LogP contribution in [0.3, 0.4) is 0 Å². The maximum absolute atomic E-state index is 12.9. The van der Waals surface area contributed by atoms with E-state index in [0.29, 0.717) is 17.2 Å². The van der Waals surface area contributed by atoms with Crippen LogP contribution in [0, 0.1) is 0 Å². The molecular formula is C20H19N5O4. The lowest BCUT2D eigenvalue weighted by molar-refractivity contribution is -0.131. The van der Waals surface area contributed by atoms with Gasteiger partial charge in [-0.2, -0.15) is 0 Å². The first-order valence-electron chi connectivity index (χ1n) is 9.26. The van der Waals surface area contributed by atoms with Crippen molar-refractivity contribution in [3.05, 3.63) is 59.9 Å². The highest BCUT2D eigenvalue weighted by Gasteiger charge is 2.47. The summed E-state index contributed by atoms with van der Waals surface area (Å²) < 4.78 is 10.8. The molecule has 29 heavy (non-hydrogen) atoms. The molecule has 3 atom stereocenters. The third-order valence-electron chi connectivity index (χ3n) is 5.14. The number of hydrogen-bond acceptors (Lipinski definition) is 7. The number of amides is 2. The minimum atomic E-state index is -0.478. The number of carbonyl (C=O) groups excluding carboxylic acids is 2. The smallest absolute Gasteiger partial charge is 0.264 e. The molecule has 9 heteroatoms. The van der Waals surface area contributed by atoms with Crippen LogP contribution < -0.4 is 25.5 Å². The molecule has 4 heterocycles. The van der Waals surface area contributed by atoms with E-state index in [2.05, 4.69) is 21.0 Å². The molecule has 9 nitrogen and oxygen atoms in total. The van der Waals surface area contributed by atoms with Crippen LogP contribution in [0.2, 0.25) is 0 Å². The molecule has 1 aromatic carbocycles. The lowest BCUT2D eigenvalue weighted by atomic mass is 9.97. The number of ether oxygens (including phenoxy) is 2. The predicted octanol–water partition coefficient (Wildman–Crippen LogP) is 0.673. The lowest BCUT2D eigenvalue weighted by Gasteiger charge is -2.32. The zero-order valence-electron chi connectivity index (χ0n) is 15.6. The van der Waals surface area contributed by atoms with Crippen LogP contribution in [0.25, 0.3) is 5.70 Å². The second kappa shape index (κ2) is 6.78. The van der Waals surface area contributed by atoms with Crippen LogP contribution in [0.5, 0.6) is 11.5 Å². The number of nitrogens with zero attached hydrogens (tertiary/aromatic N) is 2. The van der Waals surface area contributed by atoms with Crippen LogP contribution in [0.1, 0.15) is 24.1 Å².